The number of hydrogen-bond acceptors (Lipinski definition) is 3. The van der Waals surface area contributed by atoms with Gasteiger partial charge in [0.05, 0.1) is 19.3 Å². The van der Waals surface area contributed by atoms with Gasteiger partial charge in [0.25, 0.3) is 0 Å². The maximum atomic E-state index is 12.5. The molecule has 1 aliphatic rings. The summed E-state index contributed by atoms with van der Waals surface area (Å²) in [6, 6.07) is 5.75. The Kier molecular flexibility index (Phi) is 5.88. The molecule has 3 atom stereocenters. The summed E-state index contributed by atoms with van der Waals surface area (Å²) in [5.41, 5.74) is 2.11. The Morgan fingerprint density at radius 3 is 2.83 bits per heavy atom. The van der Waals surface area contributed by atoms with E-state index in [0.717, 1.165) is 36.3 Å². The zero-order valence-electron chi connectivity index (χ0n) is 14.5. The number of likely N-dealkylation sites (tertiary alicyclic amines) is 1. The van der Waals surface area contributed by atoms with Crippen molar-refractivity contribution in [2.75, 3.05) is 20.2 Å². The van der Waals surface area contributed by atoms with Crippen molar-refractivity contribution < 1.29 is 14.6 Å². The SMILES string of the molecule is COc1ccc(C)cc1C(C)NC(=O)N1CCCC(C(C)O)C1. The molecule has 5 nitrogen and oxygen atoms in total. The van der Waals surface area contributed by atoms with Crippen LogP contribution in [0.4, 0.5) is 4.79 Å². The molecule has 0 bridgehead atoms. The van der Waals surface area contributed by atoms with E-state index >= 15 is 0 Å². The van der Waals surface area contributed by atoms with Gasteiger partial charge in [-0.1, -0.05) is 17.7 Å². The van der Waals surface area contributed by atoms with Gasteiger partial charge in [-0.15, -0.1) is 0 Å². The van der Waals surface area contributed by atoms with Gasteiger partial charge < -0.3 is 20.1 Å². The van der Waals surface area contributed by atoms with Crippen molar-refractivity contribution >= 4 is 6.03 Å². The number of methoxy groups -OCH3 is 1. The standard InChI is InChI=1S/C18H28N2O3/c1-12-7-8-17(23-4)16(10-12)13(2)19-18(22)20-9-5-6-15(11-20)14(3)21/h7-8,10,13-15,21H,5-6,9,11H2,1-4H3,(H,19,22). The number of ether oxygens (including phenoxy) is 1. The smallest absolute Gasteiger partial charge is 0.317 e. The Hall–Kier alpha value is -1.75. The molecule has 5 heteroatoms. The molecular weight excluding hydrogens is 292 g/mol. The summed E-state index contributed by atoms with van der Waals surface area (Å²) >= 11 is 0. The van der Waals surface area contributed by atoms with E-state index in [2.05, 4.69) is 5.32 Å². The number of piperidine rings is 1. The van der Waals surface area contributed by atoms with Crippen LogP contribution in [-0.4, -0.2) is 42.3 Å². The van der Waals surface area contributed by atoms with E-state index in [1.54, 1.807) is 18.9 Å². The van der Waals surface area contributed by atoms with Gasteiger partial charge in [-0.2, -0.15) is 0 Å². The molecule has 0 aromatic heterocycles. The lowest BCUT2D eigenvalue weighted by Crippen LogP contribution is -2.47. The molecule has 1 aliphatic heterocycles. The quantitative estimate of drug-likeness (QED) is 0.897. The molecule has 128 valence electrons. The summed E-state index contributed by atoms with van der Waals surface area (Å²) in [6.45, 7) is 7.14. The molecule has 3 unspecified atom stereocenters. The molecule has 1 fully saturated rings. The van der Waals surface area contributed by atoms with Gasteiger partial charge in [0.15, 0.2) is 0 Å². The van der Waals surface area contributed by atoms with E-state index in [-0.39, 0.29) is 24.1 Å². The van der Waals surface area contributed by atoms with E-state index in [4.69, 9.17) is 4.74 Å². The molecule has 23 heavy (non-hydrogen) atoms. The molecule has 1 heterocycles. The lowest BCUT2D eigenvalue weighted by molar-refractivity contribution is 0.0734. The summed E-state index contributed by atoms with van der Waals surface area (Å²) in [5, 5.41) is 12.8. The normalized spacial score (nSPS) is 20.7. The lowest BCUT2D eigenvalue weighted by Gasteiger charge is -2.35. The van der Waals surface area contributed by atoms with Gasteiger partial charge in [-0.25, -0.2) is 4.79 Å². The van der Waals surface area contributed by atoms with Crippen LogP contribution in [0.3, 0.4) is 0 Å². The highest BCUT2D eigenvalue weighted by Crippen LogP contribution is 2.27. The highest BCUT2D eigenvalue weighted by molar-refractivity contribution is 5.75. The Labute approximate surface area is 138 Å². The molecular formula is C18H28N2O3. The van der Waals surface area contributed by atoms with Crippen molar-refractivity contribution in [2.24, 2.45) is 5.92 Å². The van der Waals surface area contributed by atoms with Crippen LogP contribution in [0.25, 0.3) is 0 Å². The zero-order valence-corrected chi connectivity index (χ0v) is 14.5. The zero-order chi connectivity index (χ0) is 17.0. The highest BCUT2D eigenvalue weighted by atomic mass is 16.5. The number of nitrogens with zero attached hydrogens (tertiary/aromatic N) is 1. The Morgan fingerprint density at radius 2 is 2.17 bits per heavy atom. The third-order valence-electron chi connectivity index (χ3n) is 4.62. The van der Waals surface area contributed by atoms with E-state index in [1.807, 2.05) is 32.0 Å². The molecule has 0 radical (unpaired) electrons. The molecule has 2 amide bonds. The first-order valence-electron chi connectivity index (χ1n) is 8.30. The predicted octanol–water partition coefficient (Wildman–Crippen LogP) is 2.87. The van der Waals surface area contributed by atoms with E-state index < -0.39 is 0 Å². The fourth-order valence-electron chi connectivity index (χ4n) is 3.13. The van der Waals surface area contributed by atoms with Crippen LogP contribution < -0.4 is 10.1 Å². The highest BCUT2D eigenvalue weighted by Gasteiger charge is 2.27. The lowest BCUT2D eigenvalue weighted by atomic mass is 9.93. The first kappa shape index (κ1) is 17.6. The first-order chi connectivity index (χ1) is 10.9. The van der Waals surface area contributed by atoms with Gasteiger partial charge in [0.2, 0.25) is 0 Å². The molecule has 0 spiro atoms. The second-order valence-electron chi connectivity index (χ2n) is 6.51. The number of rotatable bonds is 4. The van der Waals surface area contributed by atoms with Crippen molar-refractivity contribution in [3.63, 3.8) is 0 Å². The van der Waals surface area contributed by atoms with E-state index in [9.17, 15) is 9.90 Å². The minimum Gasteiger partial charge on any atom is -0.496 e. The van der Waals surface area contributed by atoms with Crippen LogP contribution in [0.2, 0.25) is 0 Å². The van der Waals surface area contributed by atoms with Gasteiger partial charge in [0.1, 0.15) is 5.75 Å². The molecule has 1 saturated heterocycles. The molecule has 0 saturated carbocycles. The minimum atomic E-state index is -0.375. The van der Waals surface area contributed by atoms with Gasteiger partial charge in [0, 0.05) is 24.6 Å². The molecule has 1 aromatic carbocycles. The average Bonchev–Trinajstić information content (AvgIpc) is 2.54. The van der Waals surface area contributed by atoms with Crippen molar-refractivity contribution in [3.05, 3.63) is 29.3 Å². The van der Waals surface area contributed by atoms with Crippen molar-refractivity contribution in [1.29, 1.82) is 0 Å². The van der Waals surface area contributed by atoms with E-state index in [0.29, 0.717) is 6.54 Å². The number of aliphatic hydroxyl groups is 1. The van der Waals surface area contributed by atoms with E-state index in [1.165, 1.54) is 0 Å². The Morgan fingerprint density at radius 1 is 1.43 bits per heavy atom. The Bertz CT molecular complexity index is 545. The fraction of sp³-hybridized carbons (Fsp3) is 0.611. The molecule has 2 rings (SSSR count). The van der Waals surface area contributed by atoms with Gasteiger partial charge in [-0.3, -0.25) is 0 Å². The second kappa shape index (κ2) is 7.68. The fourth-order valence-corrected chi connectivity index (χ4v) is 3.13. The topological polar surface area (TPSA) is 61.8 Å². The predicted molar refractivity (Wildman–Crippen MR) is 90.7 cm³/mol. The molecule has 0 aliphatic carbocycles. The largest absolute Gasteiger partial charge is 0.496 e. The van der Waals surface area contributed by atoms with Crippen LogP contribution >= 0.6 is 0 Å². The number of benzene rings is 1. The van der Waals surface area contributed by atoms with Crippen LogP contribution in [-0.2, 0) is 0 Å². The van der Waals surface area contributed by atoms with Crippen molar-refractivity contribution in [3.8, 4) is 5.75 Å². The number of nitrogens with one attached hydrogen (secondary N) is 1. The first-order valence-corrected chi connectivity index (χ1v) is 8.30. The summed E-state index contributed by atoms with van der Waals surface area (Å²) in [6.07, 6.45) is 1.54. The number of urea groups is 1. The van der Waals surface area contributed by atoms with Gasteiger partial charge in [-0.05, 0) is 39.7 Å². The summed E-state index contributed by atoms with van der Waals surface area (Å²) in [7, 11) is 1.64. The number of hydrogen-bond donors (Lipinski definition) is 2. The number of aryl methyl sites for hydroxylation is 1. The maximum absolute atomic E-state index is 12.5. The second-order valence-corrected chi connectivity index (χ2v) is 6.51. The number of aliphatic hydroxyl groups excluding tert-OH is 1. The summed E-state index contributed by atoms with van der Waals surface area (Å²) < 4.78 is 5.40. The number of carbonyl (C=O) groups is 1. The van der Waals surface area contributed by atoms with Gasteiger partial charge >= 0.3 is 6.03 Å². The number of carbonyl (C=O) groups excluding carboxylic acids is 1. The summed E-state index contributed by atoms with van der Waals surface area (Å²) in [4.78, 5) is 14.3. The summed E-state index contributed by atoms with van der Waals surface area (Å²) in [5.74, 6) is 0.946. The molecule has 1 aromatic rings. The third-order valence-corrected chi connectivity index (χ3v) is 4.62. The molecule has 2 N–H and O–H groups in total. The van der Waals surface area contributed by atoms with Crippen molar-refractivity contribution in [1.82, 2.24) is 10.2 Å². The third kappa shape index (κ3) is 4.38. The monoisotopic (exact) mass is 320 g/mol. The van der Waals surface area contributed by atoms with Crippen molar-refractivity contribution in [2.45, 2.75) is 45.8 Å². The average molecular weight is 320 g/mol. The Balaban J connectivity index is 2.03. The minimum absolute atomic E-state index is 0.0774. The van der Waals surface area contributed by atoms with Crippen LogP contribution in [0, 0.1) is 12.8 Å². The maximum Gasteiger partial charge on any atom is 0.317 e. The number of amides is 2. The van der Waals surface area contributed by atoms with Crippen LogP contribution in [0.1, 0.15) is 43.9 Å². The van der Waals surface area contributed by atoms with Crippen LogP contribution in [0.5, 0.6) is 5.75 Å². The van der Waals surface area contributed by atoms with Crippen LogP contribution in [0.15, 0.2) is 18.2 Å².